The summed E-state index contributed by atoms with van der Waals surface area (Å²) in [5.74, 6) is -0.844. The van der Waals surface area contributed by atoms with Gasteiger partial charge in [-0.25, -0.2) is 0 Å². The van der Waals surface area contributed by atoms with Crippen molar-refractivity contribution in [3.8, 4) is 0 Å². The van der Waals surface area contributed by atoms with Crippen LogP contribution in [0, 0.1) is 5.92 Å². The highest BCUT2D eigenvalue weighted by Gasteiger charge is 2.28. The Morgan fingerprint density at radius 1 is 1.42 bits per heavy atom. The topological polar surface area (TPSA) is 61.2 Å². The van der Waals surface area contributed by atoms with Gasteiger partial charge < -0.3 is 4.74 Å². The molecule has 1 aromatic rings. The predicted molar refractivity (Wildman–Crippen MR) is 72.0 cm³/mol. The quantitative estimate of drug-likeness (QED) is 0.618. The van der Waals surface area contributed by atoms with E-state index in [1.807, 2.05) is 20.8 Å². The molecule has 0 bridgehead atoms. The van der Waals surface area contributed by atoms with Gasteiger partial charge in [0.2, 0.25) is 0 Å². The van der Waals surface area contributed by atoms with Gasteiger partial charge in [0, 0.05) is 24.6 Å². The molecular formula is C14H22N2O3. The third-order valence-electron chi connectivity index (χ3n) is 2.95. The molecule has 0 aliphatic heterocycles. The molecule has 0 saturated heterocycles. The molecule has 0 aliphatic carbocycles. The molecule has 0 radical (unpaired) electrons. The fourth-order valence-corrected chi connectivity index (χ4v) is 1.91. The summed E-state index contributed by atoms with van der Waals surface area (Å²) >= 11 is 0. The van der Waals surface area contributed by atoms with Crippen molar-refractivity contribution < 1.29 is 14.3 Å². The number of esters is 1. The smallest absolute Gasteiger partial charge is 0.306 e. The van der Waals surface area contributed by atoms with Gasteiger partial charge in [-0.3, -0.25) is 14.3 Å². The number of carbonyl (C=O) groups excluding carboxylic acids is 2. The van der Waals surface area contributed by atoms with Gasteiger partial charge in [-0.15, -0.1) is 0 Å². The second kappa shape index (κ2) is 5.55. The molecule has 19 heavy (non-hydrogen) atoms. The van der Waals surface area contributed by atoms with Crippen molar-refractivity contribution in [1.29, 1.82) is 0 Å². The van der Waals surface area contributed by atoms with E-state index in [4.69, 9.17) is 0 Å². The van der Waals surface area contributed by atoms with Crippen molar-refractivity contribution in [2.75, 3.05) is 7.11 Å². The molecule has 0 saturated carbocycles. The fraction of sp³-hybridized carbons (Fsp3) is 0.643. The minimum absolute atomic E-state index is 0.0663. The number of ketones is 1. The molecule has 1 unspecified atom stereocenters. The minimum atomic E-state index is -0.405. The number of aromatic nitrogens is 2. The SMILES string of the molecule is COC(=O)CC(C)C(=O)c1cn(C)nc1C(C)(C)C. The van der Waals surface area contributed by atoms with E-state index >= 15 is 0 Å². The van der Waals surface area contributed by atoms with Crippen molar-refractivity contribution >= 4 is 11.8 Å². The molecule has 1 aromatic heterocycles. The van der Waals surface area contributed by atoms with E-state index in [0.717, 1.165) is 5.69 Å². The molecule has 0 spiro atoms. The number of aryl methyl sites for hydroxylation is 1. The number of carbonyl (C=O) groups is 2. The zero-order chi connectivity index (χ0) is 14.8. The van der Waals surface area contributed by atoms with E-state index in [-0.39, 0.29) is 23.6 Å². The molecular weight excluding hydrogens is 244 g/mol. The van der Waals surface area contributed by atoms with Gasteiger partial charge in [0.05, 0.1) is 24.8 Å². The molecule has 0 aromatic carbocycles. The number of hydrogen-bond donors (Lipinski definition) is 0. The average molecular weight is 266 g/mol. The van der Waals surface area contributed by atoms with Crippen LogP contribution in [0.3, 0.4) is 0 Å². The van der Waals surface area contributed by atoms with E-state index < -0.39 is 5.92 Å². The molecule has 106 valence electrons. The zero-order valence-corrected chi connectivity index (χ0v) is 12.5. The molecule has 0 aliphatic rings. The highest BCUT2D eigenvalue weighted by Crippen LogP contribution is 2.26. The van der Waals surface area contributed by atoms with Crippen LogP contribution in [-0.4, -0.2) is 28.6 Å². The van der Waals surface area contributed by atoms with Crippen molar-refractivity contribution in [2.24, 2.45) is 13.0 Å². The number of nitrogens with zero attached hydrogens (tertiary/aromatic N) is 2. The summed E-state index contributed by atoms with van der Waals surface area (Å²) in [4.78, 5) is 23.7. The van der Waals surface area contributed by atoms with Gasteiger partial charge in [-0.1, -0.05) is 27.7 Å². The largest absolute Gasteiger partial charge is 0.469 e. The normalized spacial score (nSPS) is 13.2. The monoisotopic (exact) mass is 266 g/mol. The van der Waals surface area contributed by atoms with Crippen LogP contribution >= 0.6 is 0 Å². The molecule has 1 atom stereocenters. The maximum atomic E-state index is 12.4. The molecule has 0 N–H and O–H groups in total. The van der Waals surface area contributed by atoms with E-state index in [9.17, 15) is 9.59 Å². The van der Waals surface area contributed by atoms with Crippen LogP contribution in [0.2, 0.25) is 0 Å². The highest BCUT2D eigenvalue weighted by molar-refractivity contribution is 6.00. The standard InChI is InChI=1S/C14H22N2O3/c1-9(7-11(17)19-6)12(18)10-8-16(5)15-13(10)14(2,3)4/h8-9H,7H2,1-6H3. The van der Waals surface area contributed by atoms with E-state index in [2.05, 4.69) is 9.84 Å². The van der Waals surface area contributed by atoms with Gasteiger partial charge in [-0.05, 0) is 0 Å². The fourth-order valence-electron chi connectivity index (χ4n) is 1.91. The number of rotatable bonds is 4. The van der Waals surface area contributed by atoms with Crippen molar-refractivity contribution in [3.05, 3.63) is 17.5 Å². The predicted octanol–water partition coefficient (Wildman–Crippen LogP) is 2.10. The second-order valence-corrected chi connectivity index (χ2v) is 5.86. The molecule has 1 heterocycles. The van der Waals surface area contributed by atoms with Gasteiger partial charge in [-0.2, -0.15) is 5.10 Å². The van der Waals surface area contributed by atoms with Crippen LogP contribution in [0.1, 0.15) is 50.2 Å². The molecule has 1 rings (SSSR count). The maximum absolute atomic E-state index is 12.4. The Balaban J connectivity index is 3.03. The van der Waals surface area contributed by atoms with Gasteiger partial charge >= 0.3 is 5.97 Å². The summed E-state index contributed by atoms with van der Waals surface area (Å²) in [6.07, 6.45) is 1.81. The van der Waals surface area contributed by atoms with E-state index in [0.29, 0.717) is 5.56 Å². The first-order chi connectivity index (χ1) is 8.66. The number of ether oxygens (including phenoxy) is 1. The first-order valence-electron chi connectivity index (χ1n) is 6.32. The highest BCUT2D eigenvalue weighted by atomic mass is 16.5. The molecule has 5 nitrogen and oxygen atoms in total. The summed E-state index contributed by atoms with van der Waals surface area (Å²) in [5, 5.41) is 4.36. The van der Waals surface area contributed by atoms with Crippen molar-refractivity contribution in [2.45, 2.75) is 39.5 Å². The Kier molecular flexibility index (Phi) is 4.50. The zero-order valence-electron chi connectivity index (χ0n) is 12.5. The Bertz CT molecular complexity index is 483. The number of Topliss-reactive ketones (excluding diaryl/α,β-unsaturated/α-hetero) is 1. The minimum Gasteiger partial charge on any atom is -0.469 e. The lowest BCUT2D eigenvalue weighted by atomic mass is 9.86. The lowest BCUT2D eigenvalue weighted by Crippen LogP contribution is -2.21. The second-order valence-electron chi connectivity index (χ2n) is 5.86. The van der Waals surface area contributed by atoms with Crippen LogP contribution in [-0.2, 0) is 22.0 Å². The molecule has 0 amide bonds. The van der Waals surface area contributed by atoms with Crippen LogP contribution in [0.4, 0.5) is 0 Å². The van der Waals surface area contributed by atoms with E-state index in [1.165, 1.54) is 7.11 Å². The van der Waals surface area contributed by atoms with Crippen LogP contribution in [0.5, 0.6) is 0 Å². The van der Waals surface area contributed by atoms with Gasteiger partial charge in [0.25, 0.3) is 0 Å². The average Bonchev–Trinajstić information content (AvgIpc) is 2.69. The third-order valence-corrected chi connectivity index (χ3v) is 2.95. The first-order valence-corrected chi connectivity index (χ1v) is 6.32. The summed E-state index contributed by atoms with van der Waals surface area (Å²) in [5.41, 5.74) is 1.14. The Morgan fingerprint density at radius 2 is 2.00 bits per heavy atom. The van der Waals surface area contributed by atoms with Crippen molar-refractivity contribution in [3.63, 3.8) is 0 Å². The molecule has 0 fully saturated rings. The van der Waals surface area contributed by atoms with E-state index in [1.54, 1.807) is 24.9 Å². The number of methoxy groups -OCH3 is 1. The number of hydrogen-bond acceptors (Lipinski definition) is 4. The first kappa shape index (κ1) is 15.4. The summed E-state index contributed by atoms with van der Waals surface area (Å²) in [7, 11) is 3.11. The lowest BCUT2D eigenvalue weighted by Gasteiger charge is -2.18. The van der Waals surface area contributed by atoms with Gasteiger partial charge in [0.15, 0.2) is 5.78 Å². The van der Waals surface area contributed by atoms with Crippen LogP contribution in [0.15, 0.2) is 6.20 Å². The summed E-state index contributed by atoms with van der Waals surface area (Å²) in [6, 6.07) is 0. The summed E-state index contributed by atoms with van der Waals surface area (Å²) < 4.78 is 6.24. The Labute approximate surface area is 113 Å². The van der Waals surface area contributed by atoms with Gasteiger partial charge in [0.1, 0.15) is 0 Å². The lowest BCUT2D eigenvalue weighted by molar-refractivity contribution is -0.141. The summed E-state index contributed by atoms with van der Waals surface area (Å²) in [6.45, 7) is 7.77. The molecule has 5 heteroatoms. The Hall–Kier alpha value is -1.65. The third kappa shape index (κ3) is 3.66. The van der Waals surface area contributed by atoms with Crippen molar-refractivity contribution in [1.82, 2.24) is 9.78 Å². The Morgan fingerprint density at radius 3 is 2.47 bits per heavy atom. The van der Waals surface area contributed by atoms with Crippen LogP contribution < -0.4 is 0 Å². The van der Waals surface area contributed by atoms with Crippen LogP contribution in [0.25, 0.3) is 0 Å². The maximum Gasteiger partial charge on any atom is 0.306 e.